The van der Waals surface area contributed by atoms with E-state index in [-0.39, 0.29) is 24.7 Å². The first-order valence-corrected chi connectivity index (χ1v) is 7.88. The average molecular weight is 319 g/mol. The zero-order valence-electron chi connectivity index (χ0n) is 13.1. The molecule has 124 valence electrons. The van der Waals surface area contributed by atoms with Crippen molar-refractivity contribution in [3.8, 4) is 0 Å². The van der Waals surface area contributed by atoms with Crippen molar-refractivity contribution in [1.82, 2.24) is 5.32 Å². The molecular weight excluding hydrogens is 298 g/mol. The van der Waals surface area contributed by atoms with Gasteiger partial charge in [0.25, 0.3) is 0 Å². The molecule has 4 unspecified atom stereocenters. The minimum atomic E-state index is -0.735. The van der Waals surface area contributed by atoms with Gasteiger partial charge in [-0.1, -0.05) is 30.3 Å². The Hall–Kier alpha value is -2.08. The van der Waals surface area contributed by atoms with Gasteiger partial charge < -0.3 is 19.5 Å². The molecule has 1 amide bonds. The molecule has 1 aromatic rings. The van der Waals surface area contributed by atoms with Crippen molar-refractivity contribution in [1.29, 1.82) is 0 Å². The van der Waals surface area contributed by atoms with Gasteiger partial charge in [-0.05, 0) is 24.8 Å². The minimum absolute atomic E-state index is 0.00596. The molecule has 3 rings (SSSR count). The summed E-state index contributed by atoms with van der Waals surface area (Å²) in [6.07, 6.45) is 2.26. The second-order valence-corrected chi connectivity index (χ2v) is 5.98. The molecule has 0 aliphatic carbocycles. The number of alkyl carbamates (subject to hydrolysis) is 1. The first kappa shape index (κ1) is 15.8. The van der Waals surface area contributed by atoms with Crippen LogP contribution >= 0.6 is 0 Å². The summed E-state index contributed by atoms with van der Waals surface area (Å²) in [5, 5.41) is 2.61. The summed E-state index contributed by atoms with van der Waals surface area (Å²) >= 11 is 0. The summed E-state index contributed by atoms with van der Waals surface area (Å²) in [6.45, 7) is 0.181. The third-order valence-corrected chi connectivity index (χ3v) is 4.52. The summed E-state index contributed by atoms with van der Waals surface area (Å²) < 4.78 is 15.8. The smallest absolute Gasteiger partial charge is 0.407 e. The third kappa shape index (κ3) is 3.64. The molecule has 0 spiro atoms. The maximum absolute atomic E-state index is 12.5. The maximum Gasteiger partial charge on any atom is 0.407 e. The van der Waals surface area contributed by atoms with Crippen molar-refractivity contribution in [3.63, 3.8) is 0 Å². The number of carbonyl (C=O) groups excluding carboxylic acids is 2. The van der Waals surface area contributed by atoms with Gasteiger partial charge in [0.2, 0.25) is 0 Å². The molecule has 6 nitrogen and oxygen atoms in total. The number of benzene rings is 1. The number of methoxy groups -OCH3 is 1. The van der Waals surface area contributed by atoms with Crippen LogP contribution in [-0.2, 0) is 25.6 Å². The quantitative estimate of drug-likeness (QED) is 0.841. The van der Waals surface area contributed by atoms with Gasteiger partial charge in [-0.3, -0.25) is 0 Å². The highest BCUT2D eigenvalue weighted by molar-refractivity contribution is 5.81. The van der Waals surface area contributed by atoms with E-state index in [1.807, 2.05) is 30.3 Å². The van der Waals surface area contributed by atoms with Gasteiger partial charge in [0.05, 0.1) is 19.3 Å². The zero-order chi connectivity index (χ0) is 16.2. The van der Waals surface area contributed by atoms with Crippen molar-refractivity contribution in [2.45, 2.75) is 44.1 Å². The molecule has 0 aromatic heterocycles. The Kier molecular flexibility index (Phi) is 4.81. The normalized spacial score (nSPS) is 26.6. The molecule has 23 heavy (non-hydrogen) atoms. The number of carbonyl (C=O) groups is 2. The topological polar surface area (TPSA) is 73.9 Å². The highest BCUT2D eigenvalue weighted by Crippen LogP contribution is 2.40. The van der Waals surface area contributed by atoms with Crippen LogP contribution in [0.1, 0.15) is 24.8 Å². The molecule has 2 aliphatic rings. The first-order chi connectivity index (χ1) is 11.2. The minimum Gasteiger partial charge on any atom is -0.459 e. The van der Waals surface area contributed by atoms with Gasteiger partial charge in [0.1, 0.15) is 12.6 Å². The second kappa shape index (κ2) is 7.00. The van der Waals surface area contributed by atoms with Crippen LogP contribution in [0.5, 0.6) is 0 Å². The van der Waals surface area contributed by atoms with Crippen LogP contribution in [0.4, 0.5) is 4.79 Å². The van der Waals surface area contributed by atoms with E-state index >= 15 is 0 Å². The summed E-state index contributed by atoms with van der Waals surface area (Å²) in [4.78, 5) is 24.1. The Morgan fingerprint density at radius 1 is 1.30 bits per heavy atom. The van der Waals surface area contributed by atoms with E-state index in [0.29, 0.717) is 0 Å². The molecule has 2 fully saturated rings. The summed E-state index contributed by atoms with van der Waals surface area (Å²) in [6, 6.07) is 8.71. The van der Waals surface area contributed by atoms with Crippen molar-refractivity contribution in [2.75, 3.05) is 7.11 Å². The number of hydrogen-bond acceptors (Lipinski definition) is 5. The van der Waals surface area contributed by atoms with Crippen LogP contribution in [0.15, 0.2) is 30.3 Å². The highest BCUT2D eigenvalue weighted by atomic mass is 16.5. The second-order valence-electron chi connectivity index (χ2n) is 5.98. The average Bonchev–Trinajstić information content (AvgIpc) is 3.21. The van der Waals surface area contributed by atoms with Crippen LogP contribution in [0.2, 0.25) is 0 Å². The van der Waals surface area contributed by atoms with E-state index in [1.54, 1.807) is 0 Å². The van der Waals surface area contributed by atoms with Gasteiger partial charge in [-0.15, -0.1) is 0 Å². The van der Waals surface area contributed by atoms with Crippen LogP contribution in [-0.4, -0.2) is 37.4 Å². The molecule has 2 aliphatic heterocycles. The molecule has 2 bridgehead atoms. The Balaban J connectivity index is 1.64. The lowest BCUT2D eigenvalue weighted by Crippen LogP contribution is -2.49. The van der Waals surface area contributed by atoms with Crippen LogP contribution < -0.4 is 5.32 Å². The number of amides is 1. The standard InChI is InChI=1S/C17H21NO5/c1-21-17(20)18-15(13-9-12-7-8-14(13)23-12)16(19)22-10-11-5-3-2-4-6-11/h2-6,12-15H,7-10H2,1H3,(H,18,20). The summed E-state index contributed by atoms with van der Waals surface area (Å²) in [7, 11) is 1.28. The fraction of sp³-hybridized carbons (Fsp3) is 0.529. The molecular formula is C17H21NO5. The van der Waals surface area contributed by atoms with Crippen molar-refractivity contribution >= 4 is 12.1 Å². The van der Waals surface area contributed by atoms with E-state index in [4.69, 9.17) is 9.47 Å². The van der Waals surface area contributed by atoms with Crippen molar-refractivity contribution in [2.24, 2.45) is 5.92 Å². The predicted octanol–water partition coefficient (Wildman–Crippen LogP) is 2.02. The van der Waals surface area contributed by atoms with E-state index in [0.717, 1.165) is 24.8 Å². The van der Waals surface area contributed by atoms with Crippen molar-refractivity contribution < 1.29 is 23.8 Å². The van der Waals surface area contributed by atoms with Crippen LogP contribution in [0.3, 0.4) is 0 Å². The molecule has 2 heterocycles. The lowest BCUT2D eigenvalue weighted by Gasteiger charge is -2.27. The number of rotatable bonds is 5. The first-order valence-electron chi connectivity index (χ1n) is 7.88. The molecule has 4 atom stereocenters. The SMILES string of the molecule is COC(=O)NC(C(=O)OCc1ccccc1)C1CC2CCC1O2. The molecule has 0 saturated carbocycles. The number of esters is 1. The fourth-order valence-electron chi connectivity index (χ4n) is 3.37. The number of nitrogens with one attached hydrogen (secondary N) is 1. The lowest BCUT2D eigenvalue weighted by atomic mass is 9.84. The molecule has 2 saturated heterocycles. The Morgan fingerprint density at radius 3 is 2.70 bits per heavy atom. The lowest BCUT2D eigenvalue weighted by molar-refractivity contribution is -0.149. The molecule has 0 radical (unpaired) electrons. The van der Waals surface area contributed by atoms with E-state index in [9.17, 15) is 9.59 Å². The fourth-order valence-corrected chi connectivity index (χ4v) is 3.37. The number of ether oxygens (including phenoxy) is 3. The zero-order valence-corrected chi connectivity index (χ0v) is 13.1. The van der Waals surface area contributed by atoms with Gasteiger partial charge in [0.15, 0.2) is 0 Å². The van der Waals surface area contributed by atoms with E-state index < -0.39 is 18.1 Å². The highest BCUT2D eigenvalue weighted by Gasteiger charge is 2.47. The van der Waals surface area contributed by atoms with Crippen LogP contribution in [0, 0.1) is 5.92 Å². The summed E-state index contributed by atoms with van der Waals surface area (Å²) in [5.41, 5.74) is 0.905. The Bertz CT molecular complexity index is 561. The number of fused-ring (bicyclic) bond motifs is 2. The van der Waals surface area contributed by atoms with E-state index in [1.165, 1.54) is 7.11 Å². The molecule has 6 heteroatoms. The van der Waals surface area contributed by atoms with Gasteiger partial charge in [-0.2, -0.15) is 0 Å². The Morgan fingerprint density at radius 2 is 2.09 bits per heavy atom. The molecule has 1 aromatic carbocycles. The van der Waals surface area contributed by atoms with Crippen molar-refractivity contribution in [3.05, 3.63) is 35.9 Å². The predicted molar refractivity (Wildman–Crippen MR) is 81.6 cm³/mol. The third-order valence-electron chi connectivity index (χ3n) is 4.52. The largest absolute Gasteiger partial charge is 0.459 e. The molecule has 1 N–H and O–H groups in total. The van der Waals surface area contributed by atoms with Gasteiger partial charge >= 0.3 is 12.1 Å². The number of hydrogen-bond donors (Lipinski definition) is 1. The monoisotopic (exact) mass is 319 g/mol. The van der Waals surface area contributed by atoms with Gasteiger partial charge in [0, 0.05) is 5.92 Å². The van der Waals surface area contributed by atoms with E-state index in [2.05, 4.69) is 10.1 Å². The van der Waals surface area contributed by atoms with Gasteiger partial charge in [-0.25, -0.2) is 9.59 Å². The summed E-state index contributed by atoms with van der Waals surface area (Å²) in [5.74, 6) is -0.503. The maximum atomic E-state index is 12.5. The van der Waals surface area contributed by atoms with Crippen LogP contribution in [0.25, 0.3) is 0 Å². The Labute approximate surface area is 135 Å².